The molecule has 100 valence electrons. The van der Waals surface area contributed by atoms with Crippen molar-refractivity contribution in [3.05, 3.63) is 17.7 Å². The van der Waals surface area contributed by atoms with Crippen molar-refractivity contribution in [2.24, 2.45) is 0 Å². The van der Waals surface area contributed by atoms with E-state index in [1.807, 2.05) is 5.32 Å². The van der Waals surface area contributed by atoms with Crippen molar-refractivity contribution >= 4 is 5.91 Å². The van der Waals surface area contributed by atoms with Crippen molar-refractivity contribution in [2.45, 2.75) is 32.2 Å². The van der Waals surface area contributed by atoms with Gasteiger partial charge in [-0.3, -0.25) is 4.79 Å². The lowest BCUT2D eigenvalue weighted by molar-refractivity contribution is -0.149. The molecule has 5 nitrogen and oxygen atoms in total. The van der Waals surface area contributed by atoms with E-state index >= 15 is 0 Å². The van der Waals surface area contributed by atoms with E-state index in [9.17, 15) is 18.0 Å². The van der Waals surface area contributed by atoms with Crippen LogP contribution in [-0.2, 0) is 13.1 Å². The van der Waals surface area contributed by atoms with E-state index in [0.29, 0.717) is 18.8 Å². The first-order valence-corrected chi connectivity index (χ1v) is 5.52. The summed E-state index contributed by atoms with van der Waals surface area (Å²) in [6.45, 7) is 2.75. The molecule has 1 aromatic heterocycles. The molecule has 0 fully saturated rings. The van der Waals surface area contributed by atoms with E-state index in [0.717, 1.165) is 13.5 Å². The molecule has 1 aromatic rings. The highest BCUT2D eigenvalue weighted by Crippen LogP contribution is 2.20. The third-order valence-corrected chi connectivity index (χ3v) is 2.82. The summed E-state index contributed by atoms with van der Waals surface area (Å²) in [4.78, 5) is 15.6. The fourth-order valence-electron chi connectivity index (χ4n) is 1.73. The third kappa shape index (κ3) is 2.47. The van der Waals surface area contributed by atoms with Crippen LogP contribution < -0.4 is 10.6 Å². The highest BCUT2D eigenvalue weighted by molar-refractivity contribution is 5.93. The summed E-state index contributed by atoms with van der Waals surface area (Å²) in [6, 6.07) is -1.89. The van der Waals surface area contributed by atoms with Gasteiger partial charge < -0.3 is 15.2 Å². The lowest BCUT2D eigenvalue weighted by atomic mass is 10.2. The fraction of sp³-hybridized carbons (Fsp3) is 0.600. The zero-order valence-corrected chi connectivity index (χ0v) is 9.71. The SMILES string of the molecule is CC(NC(=O)c1ncn2c1CNCC2)C(F)(F)F. The van der Waals surface area contributed by atoms with Gasteiger partial charge in [-0.2, -0.15) is 13.2 Å². The molecule has 1 atom stereocenters. The highest BCUT2D eigenvalue weighted by Gasteiger charge is 2.37. The van der Waals surface area contributed by atoms with Crippen LogP contribution in [0.25, 0.3) is 0 Å². The molecular weight excluding hydrogens is 249 g/mol. The Labute approximate surface area is 101 Å². The summed E-state index contributed by atoms with van der Waals surface area (Å²) in [6.07, 6.45) is -2.98. The predicted octanol–water partition coefficient (Wildman–Crippen LogP) is 0.667. The third-order valence-electron chi connectivity index (χ3n) is 2.82. The molecule has 0 bridgehead atoms. The molecule has 0 radical (unpaired) electrons. The standard InChI is InChI=1S/C10H13F3N4O/c1-6(10(11,12)13)16-9(18)8-7-4-14-2-3-17(7)5-15-8/h5-6,14H,2-4H2,1H3,(H,16,18). The summed E-state index contributed by atoms with van der Waals surface area (Å²) in [5, 5.41) is 4.95. The van der Waals surface area contributed by atoms with E-state index in [2.05, 4.69) is 10.3 Å². The number of halogens is 3. The Balaban J connectivity index is 2.12. The Morgan fingerprint density at radius 3 is 3.00 bits per heavy atom. The first-order valence-electron chi connectivity index (χ1n) is 5.52. The summed E-state index contributed by atoms with van der Waals surface area (Å²) in [5.74, 6) is -0.794. The van der Waals surface area contributed by atoms with Crippen LogP contribution in [0.1, 0.15) is 23.1 Å². The first kappa shape index (κ1) is 12.9. The van der Waals surface area contributed by atoms with Gasteiger partial charge in [-0.05, 0) is 6.92 Å². The van der Waals surface area contributed by atoms with Crippen LogP contribution in [0.2, 0.25) is 0 Å². The van der Waals surface area contributed by atoms with E-state index < -0.39 is 18.1 Å². The van der Waals surface area contributed by atoms with Gasteiger partial charge >= 0.3 is 6.18 Å². The minimum absolute atomic E-state index is 0.0540. The van der Waals surface area contributed by atoms with E-state index in [1.165, 1.54) is 6.33 Å². The summed E-state index contributed by atoms with van der Waals surface area (Å²) in [7, 11) is 0. The number of amides is 1. The number of aromatic nitrogens is 2. The van der Waals surface area contributed by atoms with Gasteiger partial charge in [0.25, 0.3) is 5.91 Å². The molecule has 2 rings (SSSR count). The first-order chi connectivity index (χ1) is 8.39. The molecule has 1 amide bonds. The normalized spacial score (nSPS) is 17.1. The molecule has 0 saturated heterocycles. The number of rotatable bonds is 2. The summed E-state index contributed by atoms with van der Waals surface area (Å²) < 4.78 is 38.8. The van der Waals surface area contributed by atoms with Gasteiger partial charge in [0.15, 0.2) is 5.69 Å². The van der Waals surface area contributed by atoms with Gasteiger partial charge in [-0.1, -0.05) is 0 Å². The number of imidazole rings is 1. The Bertz CT molecular complexity index is 454. The maximum absolute atomic E-state index is 12.3. The fourth-order valence-corrected chi connectivity index (χ4v) is 1.73. The van der Waals surface area contributed by atoms with Gasteiger partial charge in [-0.15, -0.1) is 0 Å². The molecule has 1 aliphatic heterocycles. The quantitative estimate of drug-likeness (QED) is 0.823. The van der Waals surface area contributed by atoms with Crippen molar-refractivity contribution in [3.8, 4) is 0 Å². The number of nitrogens with one attached hydrogen (secondary N) is 2. The van der Waals surface area contributed by atoms with Crippen LogP contribution in [0.5, 0.6) is 0 Å². The molecule has 1 unspecified atom stereocenters. The lowest BCUT2D eigenvalue weighted by Crippen LogP contribution is -2.43. The van der Waals surface area contributed by atoms with Crippen LogP contribution in [0.4, 0.5) is 13.2 Å². The van der Waals surface area contributed by atoms with Crippen LogP contribution in [-0.4, -0.2) is 34.2 Å². The highest BCUT2D eigenvalue weighted by atomic mass is 19.4. The summed E-state index contributed by atoms with van der Waals surface area (Å²) in [5.41, 5.74) is 0.673. The van der Waals surface area contributed by atoms with Gasteiger partial charge in [0.05, 0.1) is 12.0 Å². The molecule has 0 aliphatic carbocycles. The number of carbonyl (C=O) groups is 1. The minimum Gasteiger partial charge on any atom is -0.339 e. The average Bonchev–Trinajstić information content (AvgIpc) is 2.71. The van der Waals surface area contributed by atoms with Crippen LogP contribution in [0.3, 0.4) is 0 Å². The van der Waals surface area contributed by atoms with Crippen LogP contribution in [0.15, 0.2) is 6.33 Å². The van der Waals surface area contributed by atoms with E-state index in [-0.39, 0.29) is 5.69 Å². The summed E-state index contributed by atoms with van der Waals surface area (Å²) >= 11 is 0. The van der Waals surface area contributed by atoms with Crippen molar-refractivity contribution in [3.63, 3.8) is 0 Å². The maximum atomic E-state index is 12.3. The van der Waals surface area contributed by atoms with Crippen molar-refractivity contribution in [1.82, 2.24) is 20.2 Å². The number of fused-ring (bicyclic) bond motifs is 1. The number of nitrogens with zero attached hydrogens (tertiary/aromatic N) is 2. The monoisotopic (exact) mass is 262 g/mol. The molecule has 0 spiro atoms. The average molecular weight is 262 g/mol. The van der Waals surface area contributed by atoms with Crippen LogP contribution >= 0.6 is 0 Å². The second kappa shape index (κ2) is 4.60. The Kier molecular flexibility index (Phi) is 3.29. The Hall–Kier alpha value is -1.57. The molecular formula is C10H13F3N4O. The van der Waals surface area contributed by atoms with Crippen molar-refractivity contribution < 1.29 is 18.0 Å². The topological polar surface area (TPSA) is 59.0 Å². The minimum atomic E-state index is -4.45. The lowest BCUT2D eigenvalue weighted by Gasteiger charge is -2.19. The predicted molar refractivity (Wildman–Crippen MR) is 56.9 cm³/mol. The molecule has 1 aliphatic rings. The molecule has 8 heteroatoms. The molecule has 2 heterocycles. The number of hydrogen-bond donors (Lipinski definition) is 2. The molecule has 0 aromatic carbocycles. The maximum Gasteiger partial charge on any atom is 0.408 e. The Morgan fingerprint density at radius 2 is 2.33 bits per heavy atom. The molecule has 2 N–H and O–H groups in total. The van der Waals surface area contributed by atoms with E-state index in [1.54, 1.807) is 4.57 Å². The molecule has 18 heavy (non-hydrogen) atoms. The van der Waals surface area contributed by atoms with Crippen molar-refractivity contribution in [1.29, 1.82) is 0 Å². The van der Waals surface area contributed by atoms with Gasteiger partial charge in [0.1, 0.15) is 6.04 Å². The van der Waals surface area contributed by atoms with E-state index in [4.69, 9.17) is 0 Å². The number of alkyl halides is 3. The van der Waals surface area contributed by atoms with Gasteiger partial charge in [-0.25, -0.2) is 4.98 Å². The second-order valence-corrected chi connectivity index (χ2v) is 4.15. The van der Waals surface area contributed by atoms with Crippen molar-refractivity contribution in [2.75, 3.05) is 6.54 Å². The Morgan fingerprint density at radius 1 is 1.61 bits per heavy atom. The zero-order chi connectivity index (χ0) is 13.3. The largest absolute Gasteiger partial charge is 0.408 e. The van der Waals surface area contributed by atoms with Crippen LogP contribution in [0, 0.1) is 0 Å². The molecule has 0 saturated carbocycles. The zero-order valence-electron chi connectivity index (χ0n) is 9.71. The smallest absolute Gasteiger partial charge is 0.339 e. The second-order valence-electron chi connectivity index (χ2n) is 4.15. The van der Waals surface area contributed by atoms with Gasteiger partial charge in [0, 0.05) is 19.6 Å². The van der Waals surface area contributed by atoms with Gasteiger partial charge in [0.2, 0.25) is 0 Å². The number of hydrogen-bond acceptors (Lipinski definition) is 3. The number of carbonyl (C=O) groups excluding carboxylic acids is 1.